The lowest BCUT2D eigenvalue weighted by Crippen LogP contribution is -2.14. The Hall–Kier alpha value is -2.95. The monoisotopic (exact) mass is 352 g/mol. The molecule has 0 amide bonds. The first-order valence-electron chi connectivity index (χ1n) is 8.75. The van der Waals surface area contributed by atoms with E-state index >= 15 is 0 Å². The van der Waals surface area contributed by atoms with Crippen LogP contribution in [0.4, 0.5) is 5.82 Å². The summed E-state index contributed by atoms with van der Waals surface area (Å²) in [5, 5.41) is 1.02. The summed E-state index contributed by atoms with van der Waals surface area (Å²) in [5.74, 6) is 2.76. The zero-order valence-electron chi connectivity index (χ0n) is 15.1. The molecule has 1 heterocycles. The van der Waals surface area contributed by atoms with E-state index in [1.807, 2.05) is 55.5 Å². The fourth-order valence-corrected chi connectivity index (χ4v) is 2.80. The Kier molecular flexibility index (Phi) is 5.79. The maximum Gasteiger partial charge on any atom is 0.161 e. The third-order valence-electron chi connectivity index (χ3n) is 4.11. The second kappa shape index (κ2) is 8.43. The van der Waals surface area contributed by atoms with Crippen molar-refractivity contribution in [2.45, 2.75) is 25.9 Å². The minimum absolute atomic E-state index is 0.0464. The summed E-state index contributed by atoms with van der Waals surface area (Å²) < 4.78 is 17.2. The van der Waals surface area contributed by atoms with Gasteiger partial charge < -0.3 is 19.9 Å². The SMILES string of the molecule is COc1ccccc1OCCCC(C)Oc1cccc2ccc(N)nc12. The fourth-order valence-electron chi connectivity index (χ4n) is 2.80. The number of fused-ring (bicyclic) bond motifs is 1. The molecule has 5 heteroatoms. The van der Waals surface area contributed by atoms with Crippen molar-refractivity contribution < 1.29 is 14.2 Å². The van der Waals surface area contributed by atoms with Gasteiger partial charge in [-0.25, -0.2) is 4.98 Å². The molecule has 0 spiro atoms. The predicted octanol–water partition coefficient (Wildman–Crippen LogP) is 4.45. The Balaban J connectivity index is 1.53. The van der Waals surface area contributed by atoms with Gasteiger partial charge in [0, 0.05) is 5.39 Å². The number of rotatable bonds is 8. The molecule has 0 saturated heterocycles. The van der Waals surface area contributed by atoms with Gasteiger partial charge in [-0.2, -0.15) is 0 Å². The first-order chi connectivity index (χ1) is 12.7. The molecule has 136 valence electrons. The molecule has 0 bridgehead atoms. The van der Waals surface area contributed by atoms with Gasteiger partial charge in [-0.05, 0) is 50.1 Å². The number of nitrogens with two attached hydrogens (primary N) is 1. The summed E-state index contributed by atoms with van der Waals surface area (Å²) in [4.78, 5) is 4.40. The second-order valence-electron chi connectivity index (χ2n) is 6.13. The Morgan fingerprint density at radius 1 is 0.962 bits per heavy atom. The molecule has 0 aliphatic heterocycles. The number of nitrogens with zero attached hydrogens (tertiary/aromatic N) is 1. The molecule has 3 rings (SSSR count). The van der Waals surface area contributed by atoms with E-state index in [1.54, 1.807) is 13.2 Å². The Morgan fingerprint density at radius 2 is 1.73 bits per heavy atom. The van der Waals surface area contributed by atoms with Crippen molar-refractivity contribution in [3.8, 4) is 17.2 Å². The van der Waals surface area contributed by atoms with Gasteiger partial charge in [0.2, 0.25) is 0 Å². The van der Waals surface area contributed by atoms with Gasteiger partial charge in [0.05, 0.1) is 19.8 Å². The molecule has 0 radical (unpaired) electrons. The molecule has 1 unspecified atom stereocenters. The highest BCUT2D eigenvalue weighted by molar-refractivity contribution is 5.85. The first-order valence-corrected chi connectivity index (χ1v) is 8.75. The summed E-state index contributed by atoms with van der Waals surface area (Å²) in [7, 11) is 1.64. The smallest absolute Gasteiger partial charge is 0.161 e. The molecule has 2 N–H and O–H groups in total. The lowest BCUT2D eigenvalue weighted by atomic mass is 10.2. The van der Waals surface area contributed by atoms with Crippen molar-refractivity contribution in [2.75, 3.05) is 19.5 Å². The Labute approximate surface area is 153 Å². The van der Waals surface area contributed by atoms with Gasteiger partial charge in [-0.15, -0.1) is 0 Å². The molecule has 0 saturated carbocycles. The average Bonchev–Trinajstić information content (AvgIpc) is 2.66. The van der Waals surface area contributed by atoms with E-state index in [0.717, 1.165) is 41.0 Å². The summed E-state index contributed by atoms with van der Waals surface area (Å²) >= 11 is 0. The maximum absolute atomic E-state index is 6.08. The Morgan fingerprint density at radius 3 is 2.54 bits per heavy atom. The molecule has 0 aliphatic carbocycles. The average molecular weight is 352 g/mol. The summed E-state index contributed by atoms with van der Waals surface area (Å²) in [6, 6.07) is 17.3. The number of methoxy groups -OCH3 is 1. The van der Waals surface area contributed by atoms with E-state index in [9.17, 15) is 0 Å². The molecule has 2 aromatic carbocycles. The van der Waals surface area contributed by atoms with Crippen LogP contribution in [0.3, 0.4) is 0 Å². The molecule has 1 aromatic heterocycles. The van der Waals surface area contributed by atoms with Crippen LogP contribution < -0.4 is 19.9 Å². The number of hydrogen-bond acceptors (Lipinski definition) is 5. The largest absolute Gasteiger partial charge is 0.493 e. The Bertz CT molecular complexity index is 867. The van der Waals surface area contributed by atoms with Crippen LogP contribution in [0.2, 0.25) is 0 Å². The van der Waals surface area contributed by atoms with Crippen LogP contribution in [-0.2, 0) is 0 Å². The number of anilines is 1. The number of para-hydroxylation sites is 3. The summed E-state index contributed by atoms with van der Waals surface area (Å²) in [5.41, 5.74) is 6.60. The molecule has 3 aromatic rings. The van der Waals surface area contributed by atoms with E-state index < -0.39 is 0 Å². The maximum atomic E-state index is 6.08. The van der Waals surface area contributed by atoms with E-state index in [-0.39, 0.29) is 6.10 Å². The number of nitrogen functional groups attached to an aromatic ring is 1. The minimum atomic E-state index is 0.0464. The number of aromatic nitrogens is 1. The number of benzene rings is 2. The highest BCUT2D eigenvalue weighted by Gasteiger charge is 2.09. The van der Waals surface area contributed by atoms with E-state index in [2.05, 4.69) is 4.98 Å². The van der Waals surface area contributed by atoms with E-state index in [0.29, 0.717) is 12.4 Å². The second-order valence-corrected chi connectivity index (χ2v) is 6.13. The van der Waals surface area contributed by atoms with Gasteiger partial charge >= 0.3 is 0 Å². The van der Waals surface area contributed by atoms with Crippen molar-refractivity contribution in [3.05, 3.63) is 54.6 Å². The third-order valence-corrected chi connectivity index (χ3v) is 4.11. The zero-order chi connectivity index (χ0) is 18.4. The van der Waals surface area contributed by atoms with Crippen LogP contribution in [0, 0.1) is 0 Å². The molecule has 5 nitrogen and oxygen atoms in total. The molecule has 26 heavy (non-hydrogen) atoms. The third kappa shape index (κ3) is 4.36. The molecular weight excluding hydrogens is 328 g/mol. The van der Waals surface area contributed by atoms with Crippen molar-refractivity contribution in [2.24, 2.45) is 0 Å². The number of hydrogen-bond donors (Lipinski definition) is 1. The van der Waals surface area contributed by atoms with Crippen molar-refractivity contribution in [1.82, 2.24) is 4.98 Å². The normalized spacial score (nSPS) is 11.9. The van der Waals surface area contributed by atoms with Crippen LogP contribution >= 0.6 is 0 Å². The number of pyridine rings is 1. The molecule has 0 fully saturated rings. The van der Waals surface area contributed by atoms with Crippen LogP contribution in [0.1, 0.15) is 19.8 Å². The lowest BCUT2D eigenvalue weighted by Gasteiger charge is -2.16. The van der Waals surface area contributed by atoms with Crippen LogP contribution in [0.15, 0.2) is 54.6 Å². The van der Waals surface area contributed by atoms with Crippen LogP contribution in [0.25, 0.3) is 10.9 Å². The zero-order valence-corrected chi connectivity index (χ0v) is 15.1. The van der Waals surface area contributed by atoms with Crippen molar-refractivity contribution >= 4 is 16.7 Å². The standard InChI is InChI=1S/C21H24N2O3/c1-15(7-6-14-25-18-10-4-3-9-17(18)24-2)26-19-11-5-8-16-12-13-20(22)23-21(16)19/h3-5,8-13,15H,6-7,14H2,1-2H3,(H2,22,23). The van der Waals surface area contributed by atoms with E-state index in [1.165, 1.54) is 0 Å². The fraction of sp³-hybridized carbons (Fsp3) is 0.286. The molecule has 0 aliphatic rings. The van der Waals surface area contributed by atoms with Gasteiger partial charge in [-0.1, -0.05) is 24.3 Å². The minimum Gasteiger partial charge on any atom is -0.493 e. The molecular formula is C21H24N2O3. The lowest BCUT2D eigenvalue weighted by molar-refractivity contribution is 0.194. The quantitative estimate of drug-likeness (QED) is 0.607. The van der Waals surface area contributed by atoms with Gasteiger partial charge in [-0.3, -0.25) is 0 Å². The molecule has 1 atom stereocenters. The highest BCUT2D eigenvalue weighted by Crippen LogP contribution is 2.27. The highest BCUT2D eigenvalue weighted by atomic mass is 16.5. The predicted molar refractivity (Wildman–Crippen MR) is 104 cm³/mol. The van der Waals surface area contributed by atoms with Crippen LogP contribution in [0.5, 0.6) is 17.2 Å². The van der Waals surface area contributed by atoms with Gasteiger partial charge in [0.1, 0.15) is 17.1 Å². The summed E-state index contributed by atoms with van der Waals surface area (Å²) in [6.45, 7) is 2.66. The topological polar surface area (TPSA) is 66.6 Å². The van der Waals surface area contributed by atoms with Crippen LogP contribution in [-0.4, -0.2) is 24.8 Å². The summed E-state index contributed by atoms with van der Waals surface area (Å²) in [6.07, 6.45) is 1.79. The van der Waals surface area contributed by atoms with Gasteiger partial charge in [0.25, 0.3) is 0 Å². The first kappa shape index (κ1) is 17.9. The van der Waals surface area contributed by atoms with E-state index in [4.69, 9.17) is 19.9 Å². The van der Waals surface area contributed by atoms with Crippen molar-refractivity contribution in [3.63, 3.8) is 0 Å². The van der Waals surface area contributed by atoms with Crippen molar-refractivity contribution in [1.29, 1.82) is 0 Å². The number of ether oxygens (including phenoxy) is 3. The van der Waals surface area contributed by atoms with Gasteiger partial charge in [0.15, 0.2) is 11.5 Å².